The first-order valence-electron chi connectivity index (χ1n) is 6.67. The molecule has 1 fully saturated rings. The number of amides is 1. The highest BCUT2D eigenvalue weighted by Gasteiger charge is 2.23. The van der Waals surface area contributed by atoms with Crippen LogP contribution in [0.1, 0.15) is 35.2 Å². The molecule has 0 aromatic heterocycles. The van der Waals surface area contributed by atoms with Crippen molar-refractivity contribution in [3.05, 3.63) is 29.3 Å². The molecular formula is C15H20ClNO2. The number of nitrogens with one attached hydrogen (secondary N) is 1. The molecule has 1 aromatic carbocycles. The van der Waals surface area contributed by atoms with Gasteiger partial charge in [-0.15, -0.1) is 11.6 Å². The van der Waals surface area contributed by atoms with Crippen molar-refractivity contribution < 1.29 is 9.53 Å². The number of carbonyl (C=O) groups is 1. The molecule has 0 heterocycles. The summed E-state index contributed by atoms with van der Waals surface area (Å²) in [5, 5.41) is 3.26. The number of methoxy groups -OCH3 is 1. The quantitative estimate of drug-likeness (QED) is 0.861. The molecule has 0 saturated heterocycles. The van der Waals surface area contributed by atoms with Crippen LogP contribution < -0.4 is 10.1 Å². The molecular weight excluding hydrogens is 262 g/mol. The minimum absolute atomic E-state index is 0.0708. The van der Waals surface area contributed by atoms with Gasteiger partial charge in [-0.2, -0.15) is 0 Å². The van der Waals surface area contributed by atoms with Crippen LogP contribution in [0.3, 0.4) is 0 Å². The second kappa shape index (κ2) is 6.29. The van der Waals surface area contributed by atoms with Gasteiger partial charge in [-0.25, -0.2) is 0 Å². The number of ether oxygens (including phenoxy) is 1. The number of hydrogen-bond donors (Lipinski definition) is 1. The summed E-state index contributed by atoms with van der Waals surface area (Å²) in [5.41, 5.74) is 1.65. The third kappa shape index (κ3) is 3.63. The summed E-state index contributed by atoms with van der Waals surface area (Å²) >= 11 is 6.07. The third-order valence-electron chi connectivity index (χ3n) is 3.63. The van der Waals surface area contributed by atoms with E-state index in [-0.39, 0.29) is 11.3 Å². The number of hydrogen-bond acceptors (Lipinski definition) is 2. The summed E-state index contributed by atoms with van der Waals surface area (Å²) in [6.45, 7) is 2.66. The molecule has 1 aromatic rings. The second-order valence-electron chi connectivity index (χ2n) is 5.19. The Morgan fingerprint density at radius 3 is 2.89 bits per heavy atom. The Balaban J connectivity index is 1.97. The maximum absolute atomic E-state index is 12.2. The van der Waals surface area contributed by atoms with E-state index in [0.29, 0.717) is 23.8 Å². The van der Waals surface area contributed by atoms with E-state index in [0.717, 1.165) is 24.8 Å². The molecule has 4 heteroatoms. The lowest BCUT2D eigenvalue weighted by Gasteiger charge is -2.13. The van der Waals surface area contributed by atoms with Gasteiger partial charge in [0.1, 0.15) is 5.75 Å². The fourth-order valence-corrected chi connectivity index (χ4v) is 2.91. The lowest BCUT2D eigenvalue weighted by atomic mass is 10.1. The highest BCUT2D eigenvalue weighted by atomic mass is 35.5. The zero-order valence-corrected chi connectivity index (χ0v) is 12.2. The normalized spacial score (nSPS) is 22.3. The van der Waals surface area contributed by atoms with Crippen molar-refractivity contribution in [3.63, 3.8) is 0 Å². The highest BCUT2D eigenvalue weighted by Crippen LogP contribution is 2.29. The maximum Gasteiger partial charge on any atom is 0.255 e. The minimum Gasteiger partial charge on any atom is -0.496 e. The van der Waals surface area contributed by atoms with Gasteiger partial charge in [-0.3, -0.25) is 4.79 Å². The molecule has 1 N–H and O–H groups in total. The SMILES string of the molecule is COc1ccc(C)cc1C(=O)NCC1CCC(Cl)C1. The smallest absolute Gasteiger partial charge is 0.255 e. The predicted molar refractivity (Wildman–Crippen MR) is 77.0 cm³/mol. The van der Waals surface area contributed by atoms with Crippen LogP contribution in [-0.2, 0) is 0 Å². The molecule has 1 aliphatic rings. The van der Waals surface area contributed by atoms with E-state index in [2.05, 4.69) is 5.32 Å². The molecule has 2 atom stereocenters. The molecule has 104 valence electrons. The summed E-state index contributed by atoms with van der Waals surface area (Å²) in [6, 6.07) is 5.62. The Labute approximate surface area is 119 Å². The summed E-state index contributed by atoms with van der Waals surface area (Å²) in [5.74, 6) is 1.05. The average Bonchev–Trinajstić information content (AvgIpc) is 2.81. The van der Waals surface area contributed by atoms with E-state index >= 15 is 0 Å². The van der Waals surface area contributed by atoms with Crippen LogP contribution in [0.4, 0.5) is 0 Å². The zero-order valence-electron chi connectivity index (χ0n) is 11.4. The molecule has 1 amide bonds. The van der Waals surface area contributed by atoms with Gasteiger partial charge in [-0.1, -0.05) is 11.6 Å². The Bertz CT molecular complexity index is 461. The average molecular weight is 282 g/mol. The number of rotatable bonds is 4. The standard InChI is InChI=1S/C15H20ClNO2/c1-10-3-6-14(19-2)13(7-10)15(18)17-9-11-4-5-12(16)8-11/h3,6-7,11-12H,4-5,8-9H2,1-2H3,(H,17,18). The van der Waals surface area contributed by atoms with Crippen LogP contribution in [-0.4, -0.2) is 24.9 Å². The van der Waals surface area contributed by atoms with Gasteiger partial charge in [-0.05, 0) is 44.2 Å². The molecule has 1 aliphatic carbocycles. The van der Waals surface area contributed by atoms with Gasteiger partial charge in [0, 0.05) is 11.9 Å². The number of alkyl halides is 1. The first-order chi connectivity index (χ1) is 9.10. The Morgan fingerprint density at radius 1 is 1.47 bits per heavy atom. The van der Waals surface area contributed by atoms with Crippen molar-refractivity contribution in [3.8, 4) is 5.75 Å². The van der Waals surface area contributed by atoms with Crippen molar-refractivity contribution in [2.75, 3.05) is 13.7 Å². The number of halogens is 1. The molecule has 3 nitrogen and oxygen atoms in total. The van der Waals surface area contributed by atoms with E-state index in [1.54, 1.807) is 7.11 Å². The fraction of sp³-hybridized carbons (Fsp3) is 0.533. The topological polar surface area (TPSA) is 38.3 Å². The summed E-state index contributed by atoms with van der Waals surface area (Å²) in [7, 11) is 1.58. The molecule has 2 unspecified atom stereocenters. The van der Waals surface area contributed by atoms with Crippen molar-refractivity contribution in [2.24, 2.45) is 5.92 Å². The maximum atomic E-state index is 12.2. The van der Waals surface area contributed by atoms with E-state index < -0.39 is 0 Å². The van der Waals surface area contributed by atoms with E-state index in [4.69, 9.17) is 16.3 Å². The molecule has 0 spiro atoms. The third-order valence-corrected chi connectivity index (χ3v) is 4.02. The van der Waals surface area contributed by atoms with Crippen LogP contribution >= 0.6 is 11.6 Å². The molecule has 19 heavy (non-hydrogen) atoms. The van der Waals surface area contributed by atoms with Crippen LogP contribution in [0.2, 0.25) is 0 Å². The number of benzene rings is 1. The Morgan fingerprint density at radius 2 is 2.26 bits per heavy atom. The lowest BCUT2D eigenvalue weighted by Crippen LogP contribution is -2.28. The zero-order chi connectivity index (χ0) is 13.8. The van der Waals surface area contributed by atoms with Crippen LogP contribution in [0.15, 0.2) is 18.2 Å². The van der Waals surface area contributed by atoms with Gasteiger partial charge >= 0.3 is 0 Å². The molecule has 1 saturated carbocycles. The Kier molecular flexibility index (Phi) is 4.70. The van der Waals surface area contributed by atoms with Crippen molar-refractivity contribution in [2.45, 2.75) is 31.6 Å². The largest absolute Gasteiger partial charge is 0.496 e. The fourth-order valence-electron chi connectivity index (χ4n) is 2.53. The first-order valence-corrected chi connectivity index (χ1v) is 7.10. The van der Waals surface area contributed by atoms with Gasteiger partial charge < -0.3 is 10.1 Å². The monoisotopic (exact) mass is 281 g/mol. The summed E-state index contributed by atoms with van der Waals surface area (Å²) < 4.78 is 5.23. The number of carbonyl (C=O) groups excluding carboxylic acids is 1. The van der Waals surface area contributed by atoms with Gasteiger partial charge in [0.25, 0.3) is 5.91 Å². The molecule has 0 aliphatic heterocycles. The van der Waals surface area contributed by atoms with Gasteiger partial charge in [0.2, 0.25) is 0 Å². The van der Waals surface area contributed by atoms with Crippen LogP contribution in [0, 0.1) is 12.8 Å². The predicted octanol–water partition coefficient (Wildman–Crippen LogP) is 3.14. The van der Waals surface area contributed by atoms with E-state index in [1.807, 2.05) is 25.1 Å². The first kappa shape index (κ1) is 14.2. The van der Waals surface area contributed by atoms with Gasteiger partial charge in [0.15, 0.2) is 0 Å². The second-order valence-corrected chi connectivity index (χ2v) is 5.81. The van der Waals surface area contributed by atoms with Crippen molar-refractivity contribution in [1.29, 1.82) is 0 Å². The minimum atomic E-state index is -0.0708. The highest BCUT2D eigenvalue weighted by molar-refractivity contribution is 6.20. The van der Waals surface area contributed by atoms with Crippen molar-refractivity contribution in [1.82, 2.24) is 5.32 Å². The van der Waals surface area contributed by atoms with Gasteiger partial charge in [0.05, 0.1) is 12.7 Å². The van der Waals surface area contributed by atoms with Crippen LogP contribution in [0.25, 0.3) is 0 Å². The molecule has 0 bridgehead atoms. The van der Waals surface area contributed by atoms with E-state index in [1.165, 1.54) is 0 Å². The molecule has 0 radical (unpaired) electrons. The number of aryl methyl sites for hydroxylation is 1. The summed E-state index contributed by atoms with van der Waals surface area (Å²) in [6.07, 6.45) is 3.14. The summed E-state index contributed by atoms with van der Waals surface area (Å²) in [4.78, 5) is 12.2. The van der Waals surface area contributed by atoms with Crippen LogP contribution in [0.5, 0.6) is 5.75 Å². The Hall–Kier alpha value is -1.22. The van der Waals surface area contributed by atoms with Crippen molar-refractivity contribution >= 4 is 17.5 Å². The lowest BCUT2D eigenvalue weighted by molar-refractivity contribution is 0.0944. The molecule has 2 rings (SSSR count). The van der Waals surface area contributed by atoms with E-state index in [9.17, 15) is 4.79 Å².